The van der Waals surface area contributed by atoms with Crippen LogP contribution in [0.25, 0.3) is 10.8 Å². The first kappa shape index (κ1) is 14.1. The predicted octanol–water partition coefficient (Wildman–Crippen LogP) is 4.02. The fraction of sp³-hybridized carbons (Fsp3) is 0.143. The van der Waals surface area contributed by atoms with E-state index in [4.69, 9.17) is 4.55 Å². The van der Waals surface area contributed by atoms with E-state index in [1.165, 1.54) is 12.1 Å². The van der Waals surface area contributed by atoms with Crippen molar-refractivity contribution in [3.63, 3.8) is 0 Å². The Morgan fingerprint density at radius 3 is 2.53 bits per heavy atom. The van der Waals surface area contributed by atoms with Gasteiger partial charge in [0.1, 0.15) is 0 Å². The Balaban J connectivity index is 2.71. The smallest absolute Gasteiger partial charge is 0.282 e. The first-order chi connectivity index (χ1) is 8.79. The molecule has 1 N–H and O–H groups in total. The lowest BCUT2D eigenvalue weighted by Gasteiger charge is -2.10. The summed E-state index contributed by atoms with van der Waals surface area (Å²) in [5, 5.41) is 1.74. The largest absolute Gasteiger partial charge is 0.294 e. The Labute approximate surface area is 117 Å². The van der Waals surface area contributed by atoms with Crippen molar-refractivity contribution < 1.29 is 13.0 Å². The van der Waals surface area contributed by atoms with Crippen molar-refractivity contribution in [2.24, 2.45) is 0 Å². The maximum Gasteiger partial charge on any atom is 0.294 e. The number of rotatable bonds is 3. The van der Waals surface area contributed by atoms with Gasteiger partial charge in [-0.15, -0.1) is 0 Å². The Morgan fingerprint density at radius 1 is 1.26 bits per heavy atom. The van der Waals surface area contributed by atoms with E-state index in [0.29, 0.717) is 0 Å². The van der Waals surface area contributed by atoms with E-state index < -0.39 is 10.1 Å². The average Bonchev–Trinajstić information content (AvgIpc) is 2.30. The number of hydrogen-bond acceptors (Lipinski definition) is 3. The molecule has 3 nitrogen and oxygen atoms in total. The maximum atomic E-state index is 11.1. The first-order valence-electron chi connectivity index (χ1n) is 5.63. The summed E-state index contributed by atoms with van der Waals surface area (Å²) < 4.78 is 31.4. The summed E-state index contributed by atoms with van der Waals surface area (Å²) in [6.07, 6.45) is 0. The molecule has 0 atom stereocenters. The molecule has 0 aliphatic heterocycles. The Hall–Kier alpha value is -1.30. The number of benzene rings is 2. The molecule has 0 fully saturated rings. The zero-order valence-electron chi connectivity index (χ0n) is 10.7. The summed E-state index contributed by atoms with van der Waals surface area (Å²) in [7, 11) is -4.16. The van der Waals surface area contributed by atoms with Crippen molar-refractivity contribution >= 4 is 32.7 Å². The fourth-order valence-corrected chi connectivity index (χ4v) is 3.25. The van der Waals surface area contributed by atoms with Gasteiger partial charge in [0.15, 0.2) is 0 Å². The van der Waals surface area contributed by atoms with Crippen molar-refractivity contribution in [1.29, 1.82) is 0 Å². The highest BCUT2D eigenvalue weighted by Crippen LogP contribution is 2.35. The van der Waals surface area contributed by atoms with Crippen LogP contribution in [0.4, 0.5) is 0 Å². The van der Waals surface area contributed by atoms with Gasteiger partial charge in [0, 0.05) is 4.90 Å². The van der Waals surface area contributed by atoms with E-state index in [1.807, 2.05) is 26.0 Å². The Bertz CT molecular complexity index is 762. The fourth-order valence-electron chi connectivity index (χ4n) is 1.86. The van der Waals surface area contributed by atoms with Crippen molar-refractivity contribution in [3.05, 3.63) is 47.4 Å². The van der Waals surface area contributed by atoms with E-state index in [0.717, 1.165) is 26.1 Å². The van der Waals surface area contributed by atoms with Crippen LogP contribution in [0.2, 0.25) is 0 Å². The highest BCUT2D eigenvalue weighted by atomic mass is 32.2. The van der Waals surface area contributed by atoms with E-state index in [2.05, 4.69) is 6.58 Å². The van der Waals surface area contributed by atoms with Gasteiger partial charge < -0.3 is 0 Å². The third-order valence-corrected chi connectivity index (χ3v) is 4.66. The summed E-state index contributed by atoms with van der Waals surface area (Å²) in [5.74, 6) is 0. The standard InChI is InChI=1S/C14H14O3S2/c1-9(2)18-14-10(3)4-5-11-8-12(19(15,16)17)6-7-13(11)14/h4-8H,1H2,2-3H3,(H,15,16,17). The summed E-state index contributed by atoms with van der Waals surface area (Å²) >= 11 is 1.56. The molecule has 2 aromatic rings. The molecule has 0 heterocycles. The first-order valence-corrected chi connectivity index (χ1v) is 7.89. The molecule has 0 aliphatic rings. The van der Waals surface area contributed by atoms with Gasteiger partial charge in [0.2, 0.25) is 0 Å². The molecule has 0 aromatic heterocycles. The highest BCUT2D eigenvalue weighted by Gasteiger charge is 2.12. The number of allylic oxidation sites excluding steroid dienone is 1. The third-order valence-electron chi connectivity index (χ3n) is 2.71. The molecule has 0 aliphatic carbocycles. The molecule has 5 heteroatoms. The van der Waals surface area contributed by atoms with E-state index in [9.17, 15) is 8.42 Å². The van der Waals surface area contributed by atoms with Crippen LogP contribution < -0.4 is 0 Å². The second-order valence-corrected chi connectivity index (χ2v) is 7.10. The second kappa shape index (κ2) is 5.00. The molecular formula is C14H14O3S2. The molecule has 0 spiro atoms. The maximum absolute atomic E-state index is 11.1. The van der Waals surface area contributed by atoms with Crippen molar-refractivity contribution in [1.82, 2.24) is 0 Å². The van der Waals surface area contributed by atoms with Gasteiger partial charge in [-0.2, -0.15) is 8.42 Å². The lowest BCUT2D eigenvalue weighted by molar-refractivity contribution is 0.483. The lowest BCUT2D eigenvalue weighted by Crippen LogP contribution is -1.97. The molecule has 0 saturated carbocycles. The molecule has 0 unspecified atom stereocenters. The van der Waals surface area contributed by atoms with Crippen molar-refractivity contribution in [3.8, 4) is 0 Å². The van der Waals surface area contributed by atoms with E-state index >= 15 is 0 Å². The van der Waals surface area contributed by atoms with Gasteiger partial charge in [-0.25, -0.2) is 0 Å². The summed E-state index contributed by atoms with van der Waals surface area (Å²) in [6, 6.07) is 8.39. The molecule has 19 heavy (non-hydrogen) atoms. The van der Waals surface area contributed by atoms with Gasteiger partial charge in [0.05, 0.1) is 4.90 Å². The van der Waals surface area contributed by atoms with Crippen molar-refractivity contribution in [2.45, 2.75) is 23.6 Å². The minimum absolute atomic E-state index is 0.0878. The minimum atomic E-state index is -4.16. The summed E-state index contributed by atoms with van der Waals surface area (Å²) in [4.78, 5) is 1.94. The van der Waals surface area contributed by atoms with Gasteiger partial charge in [-0.3, -0.25) is 4.55 Å². The monoisotopic (exact) mass is 294 g/mol. The number of aryl methyl sites for hydroxylation is 1. The molecule has 2 rings (SSSR count). The third kappa shape index (κ3) is 3.00. The van der Waals surface area contributed by atoms with Crippen LogP contribution in [0.15, 0.2) is 51.6 Å². The topological polar surface area (TPSA) is 54.4 Å². The van der Waals surface area contributed by atoms with Gasteiger partial charge in [-0.05, 0) is 47.2 Å². The van der Waals surface area contributed by atoms with Gasteiger partial charge >= 0.3 is 0 Å². The van der Waals surface area contributed by atoms with Crippen LogP contribution in [0.1, 0.15) is 12.5 Å². The second-order valence-electron chi connectivity index (χ2n) is 4.37. The predicted molar refractivity (Wildman–Crippen MR) is 79.2 cm³/mol. The number of thioether (sulfide) groups is 1. The zero-order chi connectivity index (χ0) is 14.2. The lowest BCUT2D eigenvalue weighted by atomic mass is 10.1. The molecule has 0 bridgehead atoms. The van der Waals surface area contributed by atoms with Gasteiger partial charge in [0.25, 0.3) is 10.1 Å². The van der Waals surface area contributed by atoms with Crippen LogP contribution in [0, 0.1) is 6.92 Å². The summed E-state index contributed by atoms with van der Waals surface area (Å²) in [5.41, 5.74) is 1.11. The van der Waals surface area contributed by atoms with Crippen LogP contribution in [0.5, 0.6) is 0 Å². The quantitative estimate of drug-likeness (QED) is 0.686. The Kier molecular flexibility index (Phi) is 3.71. The molecule has 0 amide bonds. The molecule has 2 aromatic carbocycles. The van der Waals surface area contributed by atoms with Gasteiger partial charge in [-0.1, -0.05) is 36.5 Å². The van der Waals surface area contributed by atoms with Crippen LogP contribution in [0.3, 0.4) is 0 Å². The average molecular weight is 294 g/mol. The molecule has 100 valence electrons. The normalized spacial score (nSPS) is 11.7. The van der Waals surface area contributed by atoms with E-state index in [-0.39, 0.29) is 4.90 Å². The minimum Gasteiger partial charge on any atom is -0.282 e. The number of fused-ring (bicyclic) bond motifs is 1. The van der Waals surface area contributed by atoms with Crippen molar-refractivity contribution in [2.75, 3.05) is 0 Å². The van der Waals surface area contributed by atoms with E-state index in [1.54, 1.807) is 17.8 Å². The zero-order valence-corrected chi connectivity index (χ0v) is 12.3. The van der Waals surface area contributed by atoms with Crippen LogP contribution >= 0.6 is 11.8 Å². The highest BCUT2D eigenvalue weighted by molar-refractivity contribution is 8.03. The molecule has 0 radical (unpaired) electrons. The number of hydrogen-bond donors (Lipinski definition) is 1. The summed E-state index contributed by atoms with van der Waals surface area (Å²) in [6.45, 7) is 7.81. The van der Waals surface area contributed by atoms with Crippen LogP contribution in [-0.4, -0.2) is 13.0 Å². The molecular weight excluding hydrogens is 280 g/mol. The molecule has 0 saturated heterocycles. The Morgan fingerprint density at radius 2 is 1.95 bits per heavy atom. The van der Waals surface area contributed by atoms with Crippen LogP contribution in [-0.2, 0) is 10.1 Å². The SMILES string of the molecule is C=C(C)Sc1c(C)ccc2cc(S(=O)(=O)O)ccc12.